The van der Waals surface area contributed by atoms with Crippen LogP contribution in [-0.2, 0) is 19.1 Å². The monoisotopic (exact) mass is 302 g/mol. The third-order valence-electron chi connectivity index (χ3n) is 3.23. The van der Waals surface area contributed by atoms with E-state index < -0.39 is 30.4 Å². The summed E-state index contributed by atoms with van der Waals surface area (Å²) < 4.78 is 9.90. The first-order valence-corrected chi connectivity index (χ1v) is 6.98. The number of urea groups is 1. The van der Waals surface area contributed by atoms with Crippen molar-refractivity contribution in [1.82, 2.24) is 10.6 Å². The van der Waals surface area contributed by atoms with Crippen molar-refractivity contribution in [3.63, 3.8) is 0 Å². The van der Waals surface area contributed by atoms with Crippen LogP contribution in [0.15, 0.2) is 0 Å². The number of hydrogen-bond donors (Lipinski definition) is 3. The van der Waals surface area contributed by atoms with E-state index in [2.05, 4.69) is 15.4 Å². The van der Waals surface area contributed by atoms with E-state index in [1.807, 2.05) is 0 Å². The van der Waals surface area contributed by atoms with Gasteiger partial charge < -0.3 is 25.2 Å². The number of esters is 1. The number of nitrogens with one attached hydrogen (secondary N) is 2. The van der Waals surface area contributed by atoms with Gasteiger partial charge in [-0.2, -0.15) is 0 Å². The van der Waals surface area contributed by atoms with E-state index in [9.17, 15) is 14.4 Å². The molecule has 1 saturated heterocycles. The maximum atomic E-state index is 11.6. The zero-order valence-electron chi connectivity index (χ0n) is 12.1. The average molecular weight is 302 g/mol. The standard InChI is InChI=1S/C13H22N2O6/c1-20-11(16)8-10(12(17)18)15-13(19)14-6-5-9-4-2-3-7-21-9/h9-10H,2-8H2,1H3,(H,17,18)(H2,14,15,19)/t9?,10-/m0/s1. The maximum Gasteiger partial charge on any atom is 0.326 e. The summed E-state index contributed by atoms with van der Waals surface area (Å²) in [5, 5.41) is 13.7. The van der Waals surface area contributed by atoms with Gasteiger partial charge in [0.2, 0.25) is 0 Å². The minimum absolute atomic E-state index is 0.143. The van der Waals surface area contributed by atoms with Crippen molar-refractivity contribution in [2.24, 2.45) is 0 Å². The van der Waals surface area contributed by atoms with Gasteiger partial charge in [0.25, 0.3) is 0 Å². The van der Waals surface area contributed by atoms with Gasteiger partial charge in [0.15, 0.2) is 0 Å². The number of rotatable bonds is 7. The summed E-state index contributed by atoms with van der Waals surface area (Å²) in [6.07, 6.45) is 3.58. The first-order valence-electron chi connectivity index (χ1n) is 6.98. The van der Waals surface area contributed by atoms with Crippen LogP contribution in [0, 0.1) is 0 Å². The number of carboxylic acid groups (broad SMARTS) is 1. The quantitative estimate of drug-likeness (QED) is 0.581. The summed E-state index contributed by atoms with van der Waals surface area (Å²) in [4.78, 5) is 33.6. The van der Waals surface area contributed by atoms with E-state index in [0.29, 0.717) is 13.0 Å². The van der Waals surface area contributed by atoms with Crippen LogP contribution < -0.4 is 10.6 Å². The van der Waals surface area contributed by atoms with Gasteiger partial charge in [-0.05, 0) is 25.7 Å². The molecule has 1 unspecified atom stereocenters. The molecule has 2 amide bonds. The van der Waals surface area contributed by atoms with Gasteiger partial charge >= 0.3 is 18.0 Å². The molecule has 0 saturated carbocycles. The fraction of sp³-hybridized carbons (Fsp3) is 0.769. The largest absolute Gasteiger partial charge is 0.480 e. The molecule has 2 atom stereocenters. The smallest absolute Gasteiger partial charge is 0.326 e. The average Bonchev–Trinajstić information content (AvgIpc) is 2.47. The molecule has 0 aromatic carbocycles. The fourth-order valence-electron chi connectivity index (χ4n) is 2.04. The molecule has 0 aliphatic carbocycles. The first kappa shape index (κ1) is 17.2. The maximum absolute atomic E-state index is 11.6. The molecule has 0 spiro atoms. The molecule has 1 fully saturated rings. The number of carboxylic acids is 1. The molecule has 1 aliphatic heterocycles. The van der Waals surface area contributed by atoms with Crippen LogP contribution in [0.5, 0.6) is 0 Å². The summed E-state index contributed by atoms with van der Waals surface area (Å²) in [5.41, 5.74) is 0. The van der Waals surface area contributed by atoms with Crippen molar-refractivity contribution in [2.45, 2.75) is 44.2 Å². The predicted octanol–water partition coefficient (Wildman–Crippen LogP) is 0.261. The third kappa shape index (κ3) is 6.94. The Hall–Kier alpha value is -1.83. The molecule has 21 heavy (non-hydrogen) atoms. The number of hydrogen-bond acceptors (Lipinski definition) is 5. The highest BCUT2D eigenvalue weighted by Gasteiger charge is 2.23. The van der Waals surface area contributed by atoms with Crippen LogP contribution in [0.2, 0.25) is 0 Å². The summed E-state index contributed by atoms with van der Waals surface area (Å²) in [5.74, 6) is -1.98. The van der Waals surface area contributed by atoms with Gasteiger partial charge in [-0.1, -0.05) is 0 Å². The van der Waals surface area contributed by atoms with Crippen LogP contribution in [-0.4, -0.2) is 55.5 Å². The number of amides is 2. The Bertz CT molecular complexity index is 368. The van der Waals surface area contributed by atoms with Crippen LogP contribution in [0.25, 0.3) is 0 Å². The van der Waals surface area contributed by atoms with Gasteiger partial charge in [0.1, 0.15) is 6.04 Å². The third-order valence-corrected chi connectivity index (χ3v) is 3.23. The summed E-state index contributed by atoms with van der Waals surface area (Å²) in [6.45, 7) is 1.14. The van der Waals surface area contributed by atoms with Gasteiger partial charge in [-0.15, -0.1) is 0 Å². The van der Waals surface area contributed by atoms with Gasteiger partial charge in [0, 0.05) is 13.2 Å². The molecule has 8 nitrogen and oxygen atoms in total. The van der Waals surface area contributed by atoms with Crippen molar-refractivity contribution in [2.75, 3.05) is 20.3 Å². The zero-order valence-corrected chi connectivity index (χ0v) is 12.1. The summed E-state index contributed by atoms with van der Waals surface area (Å²) in [7, 11) is 1.16. The molecule has 120 valence electrons. The second-order valence-corrected chi connectivity index (χ2v) is 4.85. The SMILES string of the molecule is COC(=O)C[C@H](NC(=O)NCCC1CCCCO1)C(=O)O. The Morgan fingerprint density at radius 3 is 2.71 bits per heavy atom. The Morgan fingerprint density at radius 2 is 2.14 bits per heavy atom. The number of carbonyl (C=O) groups excluding carboxylic acids is 2. The lowest BCUT2D eigenvalue weighted by molar-refractivity contribution is -0.147. The highest BCUT2D eigenvalue weighted by molar-refractivity contribution is 5.86. The predicted molar refractivity (Wildman–Crippen MR) is 72.8 cm³/mol. The van der Waals surface area contributed by atoms with Gasteiger partial charge in [-0.3, -0.25) is 4.79 Å². The highest BCUT2D eigenvalue weighted by Crippen LogP contribution is 2.14. The molecule has 1 aliphatic rings. The topological polar surface area (TPSA) is 114 Å². The van der Waals surface area contributed by atoms with E-state index in [1.165, 1.54) is 0 Å². The number of methoxy groups -OCH3 is 1. The minimum Gasteiger partial charge on any atom is -0.480 e. The molecule has 0 bridgehead atoms. The van der Waals surface area contributed by atoms with E-state index >= 15 is 0 Å². The fourth-order valence-corrected chi connectivity index (χ4v) is 2.04. The minimum atomic E-state index is -1.30. The summed E-state index contributed by atoms with van der Waals surface area (Å²) in [6, 6.07) is -1.93. The molecular formula is C13H22N2O6. The second-order valence-electron chi connectivity index (χ2n) is 4.85. The van der Waals surface area contributed by atoms with Crippen molar-refractivity contribution in [1.29, 1.82) is 0 Å². The van der Waals surface area contributed by atoms with Gasteiger partial charge in [-0.25, -0.2) is 9.59 Å². The summed E-state index contributed by atoms with van der Waals surface area (Å²) >= 11 is 0. The van der Waals surface area contributed by atoms with E-state index in [0.717, 1.165) is 33.0 Å². The number of ether oxygens (including phenoxy) is 2. The Morgan fingerprint density at radius 1 is 1.38 bits per heavy atom. The lowest BCUT2D eigenvalue weighted by atomic mass is 10.1. The second kappa shape index (κ2) is 9.17. The van der Waals surface area contributed by atoms with Gasteiger partial charge in [0.05, 0.1) is 19.6 Å². The Kier molecular flexibility index (Phi) is 7.52. The Labute approximate surface area is 123 Å². The van der Waals surface area contributed by atoms with E-state index in [-0.39, 0.29) is 6.10 Å². The van der Waals surface area contributed by atoms with Crippen LogP contribution in [0.4, 0.5) is 4.79 Å². The Balaban J connectivity index is 2.26. The highest BCUT2D eigenvalue weighted by atomic mass is 16.5. The van der Waals surface area contributed by atoms with E-state index in [1.54, 1.807) is 0 Å². The molecular weight excluding hydrogens is 280 g/mol. The molecule has 1 rings (SSSR count). The lowest BCUT2D eigenvalue weighted by Gasteiger charge is -2.22. The van der Waals surface area contributed by atoms with Crippen LogP contribution in [0.3, 0.4) is 0 Å². The molecule has 0 radical (unpaired) electrons. The zero-order chi connectivity index (χ0) is 15.7. The van der Waals surface area contributed by atoms with Crippen molar-refractivity contribution in [3.8, 4) is 0 Å². The molecule has 0 aromatic heterocycles. The number of aliphatic carboxylic acids is 1. The normalized spacial score (nSPS) is 19.4. The van der Waals surface area contributed by atoms with Crippen molar-refractivity contribution < 1.29 is 29.0 Å². The van der Waals surface area contributed by atoms with E-state index in [4.69, 9.17) is 9.84 Å². The van der Waals surface area contributed by atoms with Crippen molar-refractivity contribution >= 4 is 18.0 Å². The van der Waals surface area contributed by atoms with Crippen LogP contribution >= 0.6 is 0 Å². The number of carbonyl (C=O) groups is 3. The van der Waals surface area contributed by atoms with Crippen LogP contribution in [0.1, 0.15) is 32.1 Å². The molecule has 8 heteroatoms. The molecule has 3 N–H and O–H groups in total. The van der Waals surface area contributed by atoms with Crippen molar-refractivity contribution in [3.05, 3.63) is 0 Å². The molecule has 1 heterocycles. The first-order chi connectivity index (χ1) is 10.0. The molecule has 0 aromatic rings. The lowest BCUT2D eigenvalue weighted by Crippen LogP contribution is -2.47.